The highest BCUT2D eigenvalue weighted by molar-refractivity contribution is 5.97. The van der Waals surface area contributed by atoms with Crippen molar-refractivity contribution >= 4 is 29.9 Å². The Morgan fingerprint density at radius 3 is 2.63 bits per heavy atom. The fourth-order valence-corrected chi connectivity index (χ4v) is 3.39. The monoisotopic (exact) mass is 391 g/mol. The number of nitrogens with one attached hydrogen (secondary N) is 2. The first-order chi connectivity index (χ1) is 12.4. The number of nitrogens with zero attached hydrogens (tertiary/aromatic N) is 3. The molecule has 1 aliphatic heterocycles. The molecule has 2 heterocycles. The van der Waals surface area contributed by atoms with E-state index in [4.69, 9.17) is 0 Å². The van der Waals surface area contributed by atoms with Gasteiger partial charge in [-0.3, -0.25) is 14.3 Å². The summed E-state index contributed by atoms with van der Waals surface area (Å²) >= 11 is 0. The zero-order valence-corrected chi connectivity index (χ0v) is 16.8. The normalized spacial score (nSPS) is 18.7. The number of hydrogen-bond acceptors (Lipinski definition) is 4. The lowest BCUT2D eigenvalue weighted by Gasteiger charge is -2.18. The first kappa shape index (κ1) is 20.9. The maximum absolute atomic E-state index is 12.8. The Morgan fingerprint density at radius 2 is 2.04 bits per heavy atom. The Hall–Kier alpha value is -2.38. The van der Waals surface area contributed by atoms with Crippen molar-refractivity contribution in [2.45, 2.75) is 12.8 Å². The van der Waals surface area contributed by atoms with Gasteiger partial charge < -0.3 is 15.5 Å². The zero-order chi connectivity index (χ0) is 18.8. The third kappa shape index (κ3) is 4.48. The van der Waals surface area contributed by atoms with Crippen molar-refractivity contribution < 1.29 is 9.59 Å². The molecule has 27 heavy (non-hydrogen) atoms. The van der Waals surface area contributed by atoms with E-state index in [9.17, 15) is 9.59 Å². The highest BCUT2D eigenvalue weighted by Gasteiger charge is 2.34. The van der Waals surface area contributed by atoms with Crippen molar-refractivity contribution in [2.24, 2.45) is 13.0 Å². The molecule has 2 amide bonds. The molecule has 3 rings (SSSR count). The van der Waals surface area contributed by atoms with Crippen LogP contribution in [-0.4, -0.2) is 53.7 Å². The number of anilines is 1. The second kappa shape index (κ2) is 8.54. The molecule has 146 valence electrons. The summed E-state index contributed by atoms with van der Waals surface area (Å²) in [6, 6.07) is 5.39. The molecule has 0 saturated carbocycles. The van der Waals surface area contributed by atoms with E-state index in [1.807, 2.05) is 32.4 Å². The number of aromatic nitrogens is 2. The number of carbonyl (C=O) groups is 2. The van der Waals surface area contributed by atoms with E-state index in [0.29, 0.717) is 17.8 Å². The van der Waals surface area contributed by atoms with Gasteiger partial charge in [-0.1, -0.05) is 0 Å². The lowest BCUT2D eigenvalue weighted by molar-refractivity contribution is -0.119. The van der Waals surface area contributed by atoms with Crippen LogP contribution in [0.3, 0.4) is 0 Å². The summed E-state index contributed by atoms with van der Waals surface area (Å²) in [6.45, 7) is 3.28. The van der Waals surface area contributed by atoms with Crippen molar-refractivity contribution in [1.29, 1.82) is 0 Å². The highest BCUT2D eigenvalue weighted by Crippen LogP contribution is 2.29. The van der Waals surface area contributed by atoms with Crippen molar-refractivity contribution in [3.63, 3.8) is 0 Å². The summed E-state index contributed by atoms with van der Waals surface area (Å²) < 4.78 is 1.76. The van der Waals surface area contributed by atoms with Gasteiger partial charge in [0.15, 0.2) is 0 Å². The van der Waals surface area contributed by atoms with Crippen LogP contribution in [0.2, 0.25) is 0 Å². The van der Waals surface area contributed by atoms with Crippen LogP contribution in [0, 0.1) is 12.8 Å². The standard InChI is InChI=1S/C19H25N5O2.ClH/c1-12-7-14(5-6-15(12)19(26)23(2)3)22-18(25)17-10-20-9-16(17)13-8-21-24(4)11-13;/h5-8,11,16-17,20H,9-10H2,1-4H3,(H,22,25);1H/t16-,17+;/m1./s1. The number of halogens is 1. The van der Waals surface area contributed by atoms with E-state index in [1.54, 1.807) is 35.8 Å². The van der Waals surface area contributed by atoms with E-state index >= 15 is 0 Å². The Balaban J connectivity index is 0.00000261. The van der Waals surface area contributed by atoms with Crippen LogP contribution in [0.25, 0.3) is 0 Å². The molecule has 1 aliphatic rings. The summed E-state index contributed by atoms with van der Waals surface area (Å²) in [7, 11) is 5.33. The van der Waals surface area contributed by atoms with Gasteiger partial charge in [-0.05, 0) is 36.2 Å². The van der Waals surface area contributed by atoms with Crippen LogP contribution < -0.4 is 10.6 Å². The molecular formula is C19H26ClN5O2. The predicted molar refractivity (Wildman–Crippen MR) is 107 cm³/mol. The first-order valence-corrected chi connectivity index (χ1v) is 8.69. The number of benzene rings is 1. The first-order valence-electron chi connectivity index (χ1n) is 8.69. The second-order valence-corrected chi connectivity index (χ2v) is 7.04. The van der Waals surface area contributed by atoms with E-state index < -0.39 is 0 Å². The molecule has 7 nitrogen and oxygen atoms in total. The van der Waals surface area contributed by atoms with Gasteiger partial charge in [0.05, 0.1) is 12.1 Å². The molecule has 1 aromatic heterocycles. The van der Waals surface area contributed by atoms with Crippen LogP contribution in [0.15, 0.2) is 30.6 Å². The van der Waals surface area contributed by atoms with E-state index in [1.165, 1.54) is 0 Å². The van der Waals surface area contributed by atoms with Crippen molar-refractivity contribution in [3.8, 4) is 0 Å². The molecule has 0 bridgehead atoms. The molecule has 2 aromatic rings. The summed E-state index contributed by atoms with van der Waals surface area (Å²) in [5.41, 5.74) is 3.26. The molecule has 0 spiro atoms. The Labute approximate surface area is 165 Å². The van der Waals surface area contributed by atoms with Crippen molar-refractivity contribution in [2.75, 3.05) is 32.5 Å². The van der Waals surface area contributed by atoms with Crippen LogP contribution >= 0.6 is 12.4 Å². The van der Waals surface area contributed by atoms with Gasteiger partial charge in [-0.15, -0.1) is 12.4 Å². The average Bonchev–Trinajstić information content (AvgIpc) is 3.22. The number of carbonyl (C=O) groups excluding carboxylic acids is 2. The van der Waals surface area contributed by atoms with E-state index in [-0.39, 0.29) is 36.1 Å². The minimum absolute atomic E-state index is 0. The van der Waals surface area contributed by atoms with Gasteiger partial charge >= 0.3 is 0 Å². The Morgan fingerprint density at radius 1 is 1.30 bits per heavy atom. The molecule has 1 aromatic carbocycles. The van der Waals surface area contributed by atoms with E-state index in [0.717, 1.165) is 17.7 Å². The maximum atomic E-state index is 12.8. The van der Waals surface area contributed by atoms with Crippen molar-refractivity contribution in [1.82, 2.24) is 20.0 Å². The molecule has 2 N–H and O–H groups in total. The third-order valence-electron chi connectivity index (χ3n) is 4.83. The third-order valence-corrected chi connectivity index (χ3v) is 4.83. The van der Waals surface area contributed by atoms with Crippen LogP contribution in [0.4, 0.5) is 5.69 Å². The fourth-order valence-electron chi connectivity index (χ4n) is 3.39. The SMILES string of the molecule is Cc1cc(NC(=O)[C@H]2CNC[C@@H]2c2cnn(C)c2)ccc1C(=O)N(C)C.Cl. The Kier molecular flexibility index (Phi) is 6.62. The molecule has 0 aliphatic carbocycles. The van der Waals surface area contributed by atoms with Gasteiger partial charge in [0, 0.05) is 57.6 Å². The average molecular weight is 392 g/mol. The van der Waals surface area contributed by atoms with Crippen LogP contribution in [0.5, 0.6) is 0 Å². The Bertz CT molecular complexity index is 833. The zero-order valence-electron chi connectivity index (χ0n) is 16.0. The summed E-state index contributed by atoms with van der Waals surface area (Å²) in [5.74, 6) is -0.103. The van der Waals surface area contributed by atoms with Gasteiger partial charge in [-0.2, -0.15) is 5.10 Å². The molecule has 2 atom stereocenters. The van der Waals surface area contributed by atoms with Gasteiger partial charge in [-0.25, -0.2) is 0 Å². The molecule has 8 heteroatoms. The van der Waals surface area contributed by atoms with Gasteiger partial charge in [0.2, 0.25) is 5.91 Å². The van der Waals surface area contributed by atoms with E-state index in [2.05, 4.69) is 15.7 Å². The summed E-state index contributed by atoms with van der Waals surface area (Å²) in [4.78, 5) is 26.5. The lowest BCUT2D eigenvalue weighted by Crippen LogP contribution is -2.28. The van der Waals surface area contributed by atoms with Gasteiger partial charge in [0.25, 0.3) is 5.91 Å². The topological polar surface area (TPSA) is 79.3 Å². The molecule has 0 unspecified atom stereocenters. The van der Waals surface area contributed by atoms with Crippen LogP contribution in [0.1, 0.15) is 27.4 Å². The number of aryl methyl sites for hydroxylation is 2. The predicted octanol–water partition coefficient (Wildman–Crippen LogP) is 1.79. The molecule has 1 fully saturated rings. The molecular weight excluding hydrogens is 366 g/mol. The molecule has 1 saturated heterocycles. The minimum Gasteiger partial charge on any atom is -0.345 e. The number of rotatable bonds is 4. The number of hydrogen-bond donors (Lipinski definition) is 2. The quantitative estimate of drug-likeness (QED) is 0.832. The fraction of sp³-hybridized carbons (Fsp3) is 0.421. The lowest BCUT2D eigenvalue weighted by atomic mass is 9.90. The van der Waals surface area contributed by atoms with Gasteiger partial charge in [0.1, 0.15) is 0 Å². The smallest absolute Gasteiger partial charge is 0.253 e. The van der Waals surface area contributed by atoms with Crippen molar-refractivity contribution in [3.05, 3.63) is 47.3 Å². The summed E-state index contributed by atoms with van der Waals surface area (Å²) in [5, 5.41) is 10.5. The summed E-state index contributed by atoms with van der Waals surface area (Å²) in [6.07, 6.45) is 3.79. The number of amides is 2. The largest absolute Gasteiger partial charge is 0.345 e. The molecule has 0 radical (unpaired) electrons. The second-order valence-electron chi connectivity index (χ2n) is 7.04. The van der Waals surface area contributed by atoms with Crippen LogP contribution in [-0.2, 0) is 11.8 Å². The maximum Gasteiger partial charge on any atom is 0.253 e. The minimum atomic E-state index is -0.150. The highest BCUT2D eigenvalue weighted by atomic mass is 35.5.